The minimum Gasteiger partial charge on any atom is -0.482 e. The third kappa shape index (κ3) is 4.69. The topological polar surface area (TPSA) is 49.9 Å². The molecule has 3 aromatic carbocycles. The van der Waals surface area contributed by atoms with Crippen LogP contribution in [0.5, 0.6) is 5.75 Å². The third-order valence-electron chi connectivity index (χ3n) is 5.14. The van der Waals surface area contributed by atoms with Gasteiger partial charge in [-0.1, -0.05) is 72.8 Å². The van der Waals surface area contributed by atoms with Crippen LogP contribution in [-0.2, 0) is 22.7 Å². The maximum absolute atomic E-state index is 13.2. The van der Waals surface area contributed by atoms with Gasteiger partial charge in [-0.2, -0.15) is 0 Å². The van der Waals surface area contributed by atoms with Crippen LogP contribution in [0.1, 0.15) is 17.5 Å². The Morgan fingerprint density at radius 1 is 0.833 bits per heavy atom. The van der Waals surface area contributed by atoms with E-state index in [0.29, 0.717) is 25.4 Å². The molecule has 0 atom stereocenters. The van der Waals surface area contributed by atoms with Gasteiger partial charge in [-0.05, 0) is 23.3 Å². The zero-order chi connectivity index (χ0) is 20.8. The lowest BCUT2D eigenvalue weighted by atomic mass is 10.1. The van der Waals surface area contributed by atoms with Crippen molar-refractivity contribution >= 4 is 17.5 Å². The standard InChI is InChI=1S/C25H24N2O3/c28-24(15-16-27-22-13-7-8-14-23(22)30-19-25(27)29)26(17-20-9-3-1-4-10-20)18-21-11-5-2-6-12-21/h1-14H,15-19H2. The second-order valence-electron chi connectivity index (χ2n) is 7.27. The quantitative estimate of drug-likeness (QED) is 0.602. The summed E-state index contributed by atoms with van der Waals surface area (Å²) in [6.07, 6.45) is 0.250. The number of benzene rings is 3. The number of hydrogen-bond donors (Lipinski definition) is 0. The first-order valence-corrected chi connectivity index (χ1v) is 10.1. The second-order valence-corrected chi connectivity index (χ2v) is 7.27. The molecule has 0 fully saturated rings. The second kappa shape index (κ2) is 9.27. The molecule has 0 radical (unpaired) electrons. The predicted octanol–water partition coefficient (Wildman–Crippen LogP) is 4.03. The van der Waals surface area contributed by atoms with Crippen molar-refractivity contribution in [3.63, 3.8) is 0 Å². The first kappa shape index (κ1) is 19.7. The summed E-state index contributed by atoms with van der Waals surface area (Å²) >= 11 is 0. The molecule has 0 aromatic heterocycles. The molecule has 0 spiro atoms. The van der Waals surface area contributed by atoms with Gasteiger partial charge in [0.15, 0.2) is 6.61 Å². The summed E-state index contributed by atoms with van der Waals surface area (Å²) in [6, 6.07) is 27.4. The predicted molar refractivity (Wildman–Crippen MR) is 116 cm³/mol. The molecule has 152 valence electrons. The fourth-order valence-corrected chi connectivity index (χ4v) is 3.60. The monoisotopic (exact) mass is 400 g/mol. The average Bonchev–Trinajstić information content (AvgIpc) is 2.79. The number of para-hydroxylation sites is 2. The molecule has 0 aliphatic carbocycles. The molecule has 0 saturated heterocycles. The lowest BCUT2D eigenvalue weighted by Gasteiger charge is -2.30. The molecular weight excluding hydrogens is 376 g/mol. The molecule has 1 aliphatic rings. The number of anilines is 1. The van der Waals surface area contributed by atoms with E-state index in [0.717, 1.165) is 16.8 Å². The Hall–Kier alpha value is -3.60. The van der Waals surface area contributed by atoms with Crippen LogP contribution < -0.4 is 9.64 Å². The van der Waals surface area contributed by atoms with Crippen molar-refractivity contribution in [2.45, 2.75) is 19.5 Å². The SMILES string of the molecule is O=C(CCN1C(=O)COc2ccccc21)N(Cc1ccccc1)Cc1ccccc1. The minimum absolute atomic E-state index is 0.00293. The van der Waals surface area contributed by atoms with Crippen LogP contribution in [-0.4, -0.2) is 29.9 Å². The van der Waals surface area contributed by atoms with Crippen LogP contribution in [0.4, 0.5) is 5.69 Å². The highest BCUT2D eigenvalue weighted by atomic mass is 16.5. The van der Waals surface area contributed by atoms with Gasteiger partial charge in [0, 0.05) is 26.1 Å². The van der Waals surface area contributed by atoms with Crippen molar-refractivity contribution in [1.29, 1.82) is 0 Å². The Bertz CT molecular complexity index is 964. The molecule has 1 heterocycles. The van der Waals surface area contributed by atoms with Gasteiger partial charge in [-0.25, -0.2) is 0 Å². The number of ether oxygens (including phenoxy) is 1. The number of amides is 2. The van der Waals surface area contributed by atoms with Gasteiger partial charge >= 0.3 is 0 Å². The number of carbonyl (C=O) groups excluding carboxylic acids is 2. The lowest BCUT2D eigenvalue weighted by molar-refractivity contribution is -0.132. The average molecular weight is 400 g/mol. The van der Waals surface area contributed by atoms with Gasteiger partial charge in [-0.3, -0.25) is 9.59 Å². The van der Waals surface area contributed by atoms with Gasteiger partial charge in [0.05, 0.1) is 5.69 Å². The fraction of sp³-hybridized carbons (Fsp3) is 0.200. The van der Waals surface area contributed by atoms with E-state index in [-0.39, 0.29) is 24.8 Å². The van der Waals surface area contributed by atoms with Crippen molar-refractivity contribution in [3.8, 4) is 5.75 Å². The molecule has 5 heteroatoms. The molecule has 1 aliphatic heterocycles. The number of hydrogen-bond acceptors (Lipinski definition) is 3. The summed E-state index contributed by atoms with van der Waals surface area (Å²) in [6.45, 7) is 1.39. The summed E-state index contributed by atoms with van der Waals surface area (Å²) in [5.41, 5.74) is 2.88. The summed E-state index contributed by atoms with van der Waals surface area (Å²) in [7, 11) is 0. The smallest absolute Gasteiger partial charge is 0.265 e. The van der Waals surface area contributed by atoms with Crippen LogP contribution >= 0.6 is 0 Å². The minimum atomic E-state index is -0.126. The van der Waals surface area contributed by atoms with Gasteiger partial charge in [0.2, 0.25) is 5.91 Å². The molecule has 2 amide bonds. The van der Waals surface area contributed by atoms with Crippen molar-refractivity contribution in [1.82, 2.24) is 4.90 Å². The van der Waals surface area contributed by atoms with Gasteiger partial charge in [0.25, 0.3) is 5.91 Å². The molecular formula is C25H24N2O3. The highest BCUT2D eigenvalue weighted by Crippen LogP contribution is 2.31. The van der Waals surface area contributed by atoms with Crippen molar-refractivity contribution in [2.24, 2.45) is 0 Å². The first-order chi connectivity index (χ1) is 14.7. The zero-order valence-corrected chi connectivity index (χ0v) is 16.7. The summed E-state index contributed by atoms with van der Waals surface area (Å²) in [4.78, 5) is 29.1. The maximum Gasteiger partial charge on any atom is 0.265 e. The van der Waals surface area contributed by atoms with Crippen LogP contribution in [0.25, 0.3) is 0 Å². The van der Waals surface area contributed by atoms with Crippen molar-refractivity contribution < 1.29 is 14.3 Å². The van der Waals surface area contributed by atoms with Crippen LogP contribution in [0.3, 0.4) is 0 Å². The van der Waals surface area contributed by atoms with E-state index in [4.69, 9.17) is 4.74 Å². The largest absolute Gasteiger partial charge is 0.482 e. The van der Waals surface area contributed by atoms with Crippen LogP contribution in [0.15, 0.2) is 84.9 Å². The van der Waals surface area contributed by atoms with Crippen molar-refractivity contribution in [2.75, 3.05) is 18.1 Å². The Kier molecular flexibility index (Phi) is 6.09. The first-order valence-electron chi connectivity index (χ1n) is 10.1. The molecule has 3 aromatic rings. The summed E-state index contributed by atoms with van der Waals surface area (Å²) in [5, 5.41) is 0. The molecule has 0 saturated carbocycles. The highest BCUT2D eigenvalue weighted by molar-refractivity contribution is 5.98. The molecule has 0 unspecified atom stereocenters. The number of fused-ring (bicyclic) bond motifs is 1. The molecule has 30 heavy (non-hydrogen) atoms. The third-order valence-corrected chi connectivity index (χ3v) is 5.14. The summed E-state index contributed by atoms with van der Waals surface area (Å²) < 4.78 is 5.49. The van der Waals surface area contributed by atoms with Gasteiger partial charge in [-0.15, -0.1) is 0 Å². The van der Waals surface area contributed by atoms with Gasteiger partial charge in [0.1, 0.15) is 5.75 Å². The number of nitrogens with zero attached hydrogens (tertiary/aromatic N) is 2. The zero-order valence-electron chi connectivity index (χ0n) is 16.7. The Labute approximate surface area is 176 Å². The van der Waals surface area contributed by atoms with Gasteiger partial charge < -0.3 is 14.5 Å². The van der Waals surface area contributed by atoms with E-state index in [9.17, 15) is 9.59 Å². The normalized spacial score (nSPS) is 12.8. The van der Waals surface area contributed by atoms with Crippen molar-refractivity contribution in [3.05, 3.63) is 96.1 Å². The summed E-state index contributed by atoms with van der Waals surface area (Å²) in [5.74, 6) is 0.564. The number of carbonyl (C=O) groups is 2. The van der Waals surface area contributed by atoms with E-state index in [1.54, 1.807) is 4.90 Å². The molecule has 0 N–H and O–H groups in total. The van der Waals surface area contributed by atoms with E-state index in [2.05, 4.69) is 0 Å². The Balaban J connectivity index is 1.48. The number of rotatable bonds is 7. The maximum atomic E-state index is 13.2. The van der Waals surface area contributed by atoms with E-state index in [1.165, 1.54) is 0 Å². The highest BCUT2D eigenvalue weighted by Gasteiger charge is 2.26. The molecule has 0 bridgehead atoms. The van der Waals surface area contributed by atoms with E-state index < -0.39 is 0 Å². The molecule has 4 rings (SSSR count). The van der Waals surface area contributed by atoms with Crippen LogP contribution in [0, 0.1) is 0 Å². The molecule has 5 nitrogen and oxygen atoms in total. The van der Waals surface area contributed by atoms with E-state index >= 15 is 0 Å². The van der Waals surface area contributed by atoms with E-state index in [1.807, 2.05) is 89.8 Å². The Morgan fingerprint density at radius 3 is 2.03 bits per heavy atom. The Morgan fingerprint density at radius 2 is 1.40 bits per heavy atom. The fourth-order valence-electron chi connectivity index (χ4n) is 3.60. The lowest BCUT2D eigenvalue weighted by Crippen LogP contribution is -2.41. The van der Waals surface area contributed by atoms with Crippen LogP contribution in [0.2, 0.25) is 0 Å².